The van der Waals surface area contributed by atoms with E-state index in [1.165, 1.54) is 0 Å². The van der Waals surface area contributed by atoms with E-state index in [1.54, 1.807) is 24.3 Å². The zero-order valence-electron chi connectivity index (χ0n) is 39.1. The third kappa shape index (κ3) is 7.51. The van der Waals surface area contributed by atoms with Crippen LogP contribution in [0.3, 0.4) is 0 Å². The summed E-state index contributed by atoms with van der Waals surface area (Å²) in [5, 5.41) is 24.0. The maximum Gasteiger partial charge on any atom is 2.00 e. The molecule has 2 N–H and O–H groups in total. The van der Waals surface area contributed by atoms with Gasteiger partial charge in [-0.3, -0.25) is 0 Å². The smallest absolute Gasteiger partial charge is 0.657 e. The van der Waals surface area contributed by atoms with E-state index in [2.05, 4.69) is 65.8 Å². The van der Waals surface area contributed by atoms with Gasteiger partial charge in [-0.15, -0.1) is 22.1 Å². The minimum atomic E-state index is -1.03. The molecular formula is C60H44N4O4Zn. The van der Waals surface area contributed by atoms with Gasteiger partial charge in [-0.05, 0) is 156 Å². The minimum absolute atomic E-state index is 0. The average molecular weight is 950 g/mol. The summed E-state index contributed by atoms with van der Waals surface area (Å²) in [6.07, 6.45) is 8.01. The van der Waals surface area contributed by atoms with Crippen LogP contribution in [0, 0.1) is 41.5 Å². The summed E-state index contributed by atoms with van der Waals surface area (Å²) in [7, 11) is 0. The molecule has 2 aliphatic rings. The normalized spacial score (nSPS) is 11.9. The van der Waals surface area contributed by atoms with Gasteiger partial charge in [0.1, 0.15) is 0 Å². The van der Waals surface area contributed by atoms with Crippen molar-refractivity contribution in [2.45, 2.75) is 41.5 Å². The van der Waals surface area contributed by atoms with Crippen molar-refractivity contribution in [2.75, 3.05) is 0 Å². The second kappa shape index (κ2) is 17.3. The monoisotopic (exact) mass is 948 g/mol. The summed E-state index contributed by atoms with van der Waals surface area (Å²) in [5.74, 6) is -2.05. The number of benzene rings is 6. The number of carboxylic acid groups (broad SMARTS) is 2. The third-order valence-corrected chi connectivity index (χ3v) is 13.3. The Balaban J connectivity index is 0.00000553. The van der Waals surface area contributed by atoms with Crippen LogP contribution < -0.4 is 9.97 Å². The third-order valence-electron chi connectivity index (χ3n) is 13.3. The fraction of sp³-hybridized carbons (Fsp3) is 0.100. The van der Waals surface area contributed by atoms with E-state index >= 15 is 0 Å². The van der Waals surface area contributed by atoms with E-state index < -0.39 is 11.9 Å². The molecule has 2 aliphatic heterocycles. The standard InChI is InChI=1S/C60H46N4O4.Zn/c1-31-27-33(3)51(34(4)28-31)57-47-23-19-43(61-47)55(39-15-7-11-37-13-9-17-41(53(37)39)59(65)66)45-21-25-49(63-45)58(52-35(5)29-32(2)30-36(52)6)50-26-22-46(64-50)56(44-20-24-48(57)62-44)40-16-8-12-38-14-10-18-42(54(38)40)60(67)68;/h7-30H,1-6H3,(H4,61,62,63,64,65,66,67,68);/q;+2/p-2. The minimum Gasteiger partial charge on any atom is -0.657 e. The Bertz CT molecular complexity index is 3630. The van der Waals surface area contributed by atoms with Gasteiger partial charge in [0.2, 0.25) is 0 Å². The molecule has 0 radical (unpaired) electrons. The number of carboxylic acids is 2. The molecule has 11 rings (SSSR count). The molecule has 0 spiro atoms. The summed E-state index contributed by atoms with van der Waals surface area (Å²) in [4.78, 5) is 47.9. The Hall–Kier alpha value is -8.00. The first-order chi connectivity index (χ1) is 32.8. The number of rotatable bonds is 6. The molecule has 0 atom stereocenters. The summed E-state index contributed by atoms with van der Waals surface area (Å²) in [6.45, 7) is 12.6. The van der Waals surface area contributed by atoms with Gasteiger partial charge in [0, 0.05) is 10.8 Å². The topological polar surface area (TPSA) is 129 Å². The molecule has 0 saturated heterocycles. The number of carbonyl (C=O) groups is 2. The van der Waals surface area contributed by atoms with Gasteiger partial charge in [0.15, 0.2) is 0 Å². The maximum absolute atomic E-state index is 13.0. The number of nitrogens with zero attached hydrogens (tertiary/aromatic N) is 4. The fourth-order valence-electron chi connectivity index (χ4n) is 10.8. The van der Waals surface area contributed by atoms with Crippen LogP contribution in [0.5, 0.6) is 0 Å². The van der Waals surface area contributed by atoms with Crippen LogP contribution >= 0.6 is 0 Å². The predicted octanol–water partition coefficient (Wildman–Crippen LogP) is 14.1. The van der Waals surface area contributed by atoms with E-state index in [4.69, 9.17) is 19.9 Å². The Morgan fingerprint density at radius 1 is 0.406 bits per heavy atom. The number of hydrogen-bond donors (Lipinski definition) is 2. The zero-order chi connectivity index (χ0) is 47.1. The SMILES string of the molecule is Cc1cc(C)c(-c2c3nc(c(-c4cccc5cccc(C(=O)O)c45)c4ccc([n-]4)c(-c4c(C)cc(C)cc4C)c4nc(c(-c5cccc6cccc(C(=O)O)c56)c5ccc2[n-]5)C=C4)C=C3)c(C)c1.[Zn+2]. The Labute approximate surface area is 411 Å². The van der Waals surface area contributed by atoms with E-state index in [9.17, 15) is 19.8 Å². The molecule has 0 unspecified atom stereocenters. The van der Waals surface area contributed by atoms with Crippen LogP contribution in [0.1, 0.15) is 76.9 Å². The van der Waals surface area contributed by atoms with Crippen molar-refractivity contribution in [3.63, 3.8) is 0 Å². The molecule has 330 valence electrons. The second-order valence-corrected chi connectivity index (χ2v) is 17.9. The van der Waals surface area contributed by atoms with Crippen molar-refractivity contribution < 1.29 is 39.3 Å². The van der Waals surface area contributed by atoms with Gasteiger partial charge in [-0.25, -0.2) is 19.6 Å². The van der Waals surface area contributed by atoms with E-state index in [0.29, 0.717) is 77.9 Å². The van der Waals surface area contributed by atoms with E-state index in [-0.39, 0.29) is 30.6 Å². The number of fused-ring (bicyclic) bond motifs is 10. The van der Waals surface area contributed by atoms with Crippen LogP contribution in [-0.4, -0.2) is 32.1 Å². The largest absolute Gasteiger partial charge is 2.00 e. The molecule has 0 amide bonds. The number of hydrogen-bond acceptors (Lipinski definition) is 4. The summed E-state index contributed by atoms with van der Waals surface area (Å²) in [6, 6.07) is 39.1. The fourth-order valence-corrected chi connectivity index (χ4v) is 10.8. The summed E-state index contributed by atoms with van der Waals surface area (Å²) < 4.78 is 0. The zero-order valence-corrected chi connectivity index (χ0v) is 42.0. The van der Waals surface area contributed by atoms with Crippen LogP contribution in [0.4, 0.5) is 0 Å². The van der Waals surface area contributed by atoms with Crippen molar-refractivity contribution >= 4 is 79.9 Å². The van der Waals surface area contributed by atoms with Crippen molar-refractivity contribution in [3.05, 3.63) is 189 Å². The Morgan fingerprint density at radius 3 is 1.04 bits per heavy atom. The molecule has 6 aromatic carbocycles. The molecular weight excluding hydrogens is 906 g/mol. The van der Waals surface area contributed by atoms with Crippen molar-refractivity contribution in [2.24, 2.45) is 0 Å². The molecule has 8 bridgehead atoms. The van der Waals surface area contributed by atoms with Crippen LogP contribution in [0.2, 0.25) is 0 Å². The number of aromatic carboxylic acids is 2. The second-order valence-electron chi connectivity index (χ2n) is 17.9. The first-order valence-electron chi connectivity index (χ1n) is 22.6. The predicted molar refractivity (Wildman–Crippen MR) is 276 cm³/mol. The maximum atomic E-state index is 13.0. The van der Waals surface area contributed by atoms with Gasteiger partial charge in [0.05, 0.1) is 33.9 Å². The number of aromatic nitrogens is 4. The molecule has 9 aromatic rings. The molecule has 8 nitrogen and oxygen atoms in total. The first kappa shape index (κ1) is 44.8. The van der Waals surface area contributed by atoms with E-state index in [0.717, 1.165) is 66.4 Å². The van der Waals surface area contributed by atoms with Crippen LogP contribution in [0.15, 0.2) is 121 Å². The molecule has 0 aliphatic carbocycles. The van der Waals surface area contributed by atoms with Gasteiger partial charge >= 0.3 is 31.4 Å². The van der Waals surface area contributed by atoms with Crippen molar-refractivity contribution in [1.29, 1.82) is 0 Å². The quantitative estimate of drug-likeness (QED) is 0.158. The van der Waals surface area contributed by atoms with Gasteiger partial charge < -0.3 is 20.2 Å². The average Bonchev–Trinajstić information content (AvgIpc) is 4.16. The number of aryl methyl sites for hydroxylation is 6. The Kier molecular flexibility index (Phi) is 11.2. The first-order valence-corrected chi connectivity index (χ1v) is 22.6. The van der Waals surface area contributed by atoms with Gasteiger partial charge in [-0.1, -0.05) is 120 Å². The summed E-state index contributed by atoms with van der Waals surface area (Å²) >= 11 is 0. The molecule has 0 fully saturated rings. The Morgan fingerprint density at radius 2 is 0.710 bits per heavy atom. The summed E-state index contributed by atoms with van der Waals surface area (Å²) in [5.41, 5.74) is 18.5. The molecule has 69 heavy (non-hydrogen) atoms. The van der Waals surface area contributed by atoms with Gasteiger partial charge in [0.25, 0.3) is 0 Å². The molecule has 0 saturated carbocycles. The van der Waals surface area contributed by atoms with Crippen LogP contribution in [-0.2, 0) is 19.5 Å². The molecule has 9 heteroatoms. The van der Waals surface area contributed by atoms with Crippen molar-refractivity contribution in [3.8, 4) is 44.5 Å². The van der Waals surface area contributed by atoms with Crippen molar-refractivity contribution in [1.82, 2.24) is 19.9 Å². The molecule has 3 aromatic heterocycles. The van der Waals surface area contributed by atoms with E-state index in [1.807, 2.05) is 97.1 Å². The van der Waals surface area contributed by atoms with Crippen LogP contribution in [0.25, 0.3) is 112 Å². The molecule has 5 heterocycles. The van der Waals surface area contributed by atoms with Gasteiger partial charge in [-0.2, -0.15) is 0 Å².